The molecule has 0 aromatic rings. The molecule has 1 aliphatic carbocycles. The third kappa shape index (κ3) is 3.23. The van der Waals surface area contributed by atoms with Gasteiger partial charge in [-0.25, -0.2) is 0 Å². The summed E-state index contributed by atoms with van der Waals surface area (Å²) >= 11 is 0. The van der Waals surface area contributed by atoms with E-state index in [4.69, 9.17) is 5.11 Å². The van der Waals surface area contributed by atoms with Crippen molar-refractivity contribution in [3.05, 3.63) is 0 Å². The van der Waals surface area contributed by atoms with Crippen molar-refractivity contribution in [1.29, 1.82) is 0 Å². The predicted octanol–water partition coefficient (Wildman–Crippen LogP) is 1.04. The third-order valence-corrected chi connectivity index (χ3v) is 3.21. The van der Waals surface area contributed by atoms with Gasteiger partial charge in [-0.15, -0.1) is 0 Å². The zero-order valence-corrected chi connectivity index (χ0v) is 9.13. The summed E-state index contributed by atoms with van der Waals surface area (Å²) in [4.78, 5) is 0. The van der Waals surface area contributed by atoms with Crippen LogP contribution < -0.4 is 5.32 Å². The number of nitrogens with one attached hydrogen (secondary N) is 1. The minimum absolute atomic E-state index is 0.0190. The van der Waals surface area contributed by atoms with Gasteiger partial charge in [0, 0.05) is 18.2 Å². The molecule has 1 unspecified atom stereocenters. The molecule has 0 aromatic carbocycles. The molecule has 1 aliphatic rings. The van der Waals surface area contributed by atoms with E-state index in [1.165, 1.54) is 12.8 Å². The largest absolute Gasteiger partial charge is 0.396 e. The lowest BCUT2D eigenvalue weighted by Crippen LogP contribution is -2.50. The highest BCUT2D eigenvalue weighted by molar-refractivity contribution is 4.93. The van der Waals surface area contributed by atoms with Crippen LogP contribution in [0.5, 0.6) is 0 Å². The summed E-state index contributed by atoms with van der Waals surface area (Å²) in [6.45, 7) is 2.64. The first-order valence-electron chi connectivity index (χ1n) is 5.72. The molecule has 0 aliphatic heterocycles. The number of hydrogen-bond acceptors (Lipinski definition) is 3. The van der Waals surface area contributed by atoms with Gasteiger partial charge in [0.25, 0.3) is 0 Å². The van der Waals surface area contributed by atoms with Crippen molar-refractivity contribution in [3.63, 3.8) is 0 Å². The van der Waals surface area contributed by atoms with E-state index in [1.807, 2.05) is 0 Å². The first-order chi connectivity index (χ1) is 6.72. The Bertz CT molecular complexity index is 155. The Morgan fingerprint density at radius 3 is 2.43 bits per heavy atom. The Labute approximate surface area is 86.5 Å². The smallest absolute Gasteiger partial charge is 0.0613 e. The Balaban J connectivity index is 2.32. The van der Waals surface area contributed by atoms with Crippen LogP contribution in [0.25, 0.3) is 0 Å². The molecule has 1 rings (SSSR count). The van der Waals surface area contributed by atoms with Crippen LogP contribution >= 0.6 is 0 Å². The minimum Gasteiger partial charge on any atom is -0.396 e. The van der Waals surface area contributed by atoms with E-state index < -0.39 is 0 Å². The number of rotatable bonds is 6. The molecule has 0 amide bonds. The van der Waals surface area contributed by atoms with E-state index in [0.29, 0.717) is 6.04 Å². The lowest BCUT2D eigenvalue weighted by atomic mass is 9.97. The van der Waals surface area contributed by atoms with Gasteiger partial charge in [0.05, 0.1) is 6.61 Å². The van der Waals surface area contributed by atoms with E-state index in [2.05, 4.69) is 12.2 Å². The number of hydrogen-bond donors (Lipinski definition) is 3. The lowest BCUT2D eigenvalue weighted by molar-refractivity contribution is 0.149. The molecule has 0 radical (unpaired) electrons. The molecule has 1 fully saturated rings. The van der Waals surface area contributed by atoms with Crippen LogP contribution in [0.4, 0.5) is 0 Å². The maximum absolute atomic E-state index is 9.38. The summed E-state index contributed by atoms with van der Waals surface area (Å²) in [6, 6.07) is 0.396. The fraction of sp³-hybridized carbons (Fsp3) is 1.00. The molecule has 84 valence electrons. The van der Waals surface area contributed by atoms with Gasteiger partial charge in [0.2, 0.25) is 0 Å². The van der Waals surface area contributed by atoms with Crippen LogP contribution in [0, 0.1) is 0 Å². The second-order valence-corrected chi connectivity index (χ2v) is 4.56. The van der Waals surface area contributed by atoms with Crippen molar-refractivity contribution in [2.45, 2.75) is 57.0 Å². The molecule has 0 saturated heterocycles. The highest BCUT2D eigenvalue weighted by Gasteiger charge is 2.33. The monoisotopic (exact) mass is 201 g/mol. The van der Waals surface area contributed by atoms with Gasteiger partial charge in [-0.05, 0) is 32.6 Å². The summed E-state index contributed by atoms with van der Waals surface area (Å²) in [6.07, 6.45) is 6.45. The van der Waals surface area contributed by atoms with E-state index in [0.717, 1.165) is 25.7 Å². The van der Waals surface area contributed by atoms with E-state index in [-0.39, 0.29) is 18.8 Å². The average Bonchev–Trinajstić information content (AvgIpc) is 2.64. The number of aliphatic hydroxyl groups excluding tert-OH is 2. The van der Waals surface area contributed by atoms with Gasteiger partial charge in [-0.3, -0.25) is 0 Å². The summed E-state index contributed by atoms with van der Waals surface area (Å²) < 4.78 is 0. The normalized spacial score (nSPS) is 22.5. The maximum Gasteiger partial charge on any atom is 0.0613 e. The molecule has 3 nitrogen and oxygen atoms in total. The highest BCUT2D eigenvalue weighted by Crippen LogP contribution is 2.29. The van der Waals surface area contributed by atoms with Crippen molar-refractivity contribution in [2.75, 3.05) is 13.2 Å². The molecule has 14 heavy (non-hydrogen) atoms. The first-order valence-corrected chi connectivity index (χ1v) is 5.72. The Morgan fingerprint density at radius 2 is 1.93 bits per heavy atom. The standard InChI is InChI=1S/C11H23NO2/c1-10(5-4-8-13)12-11(9-14)6-2-3-7-11/h10,12-14H,2-9H2,1H3. The molecule has 1 atom stereocenters. The Hall–Kier alpha value is -0.120. The van der Waals surface area contributed by atoms with Gasteiger partial charge in [-0.2, -0.15) is 0 Å². The highest BCUT2D eigenvalue weighted by atomic mass is 16.3. The zero-order chi connectivity index (χ0) is 10.4. The number of aliphatic hydroxyl groups is 2. The van der Waals surface area contributed by atoms with Crippen molar-refractivity contribution in [1.82, 2.24) is 5.32 Å². The van der Waals surface area contributed by atoms with Gasteiger partial charge in [0.15, 0.2) is 0 Å². The van der Waals surface area contributed by atoms with Gasteiger partial charge >= 0.3 is 0 Å². The molecule has 0 heterocycles. The first kappa shape index (κ1) is 12.0. The molecule has 3 heteroatoms. The lowest BCUT2D eigenvalue weighted by Gasteiger charge is -2.32. The average molecular weight is 201 g/mol. The third-order valence-electron chi connectivity index (χ3n) is 3.21. The van der Waals surface area contributed by atoms with Crippen LogP contribution in [0.15, 0.2) is 0 Å². The van der Waals surface area contributed by atoms with Crippen molar-refractivity contribution >= 4 is 0 Å². The Kier molecular flexibility index (Phi) is 4.85. The SMILES string of the molecule is CC(CCCO)NC1(CO)CCCC1. The van der Waals surface area contributed by atoms with Crippen molar-refractivity contribution < 1.29 is 10.2 Å². The topological polar surface area (TPSA) is 52.5 Å². The molecular weight excluding hydrogens is 178 g/mol. The fourth-order valence-electron chi connectivity index (χ4n) is 2.39. The van der Waals surface area contributed by atoms with Crippen LogP contribution in [-0.4, -0.2) is 35.0 Å². The van der Waals surface area contributed by atoms with Crippen LogP contribution in [-0.2, 0) is 0 Å². The van der Waals surface area contributed by atoms with Crippen LogP contribution in [0.1, 0.15) is 45.4 Å². The molecule has 0 aromatic heterocycles. The second-order valence-electron chi connectivity index (χ2n) is 4.56. The summed E-state index contributed by atoms with van der Waals surface area (Å²) in [5, 5.41) is 21.6. The molecule has 3 N–H and O–H groups in total. The van der Waals surface area contributed by atoms with Crippen molar-refractivity contribution in [2.24, 2.45) is 0 Å². The van der Waals surface area contributed by atoms with Gasteiger partial charge < -0.3 is 15.5 Å². The molecule has 0 bridgehead atoms. The van der Waals surface area contributed by atoms with E-state index >= 15 is 0 Å². The van der Waals surface area contributed by atoms with E-state index in [9.17, 15) is 5.11 Å². The zero-order valence-electron chi connectivity index (χ0n) is 9.13. The molecule has 0 spiro atoms. The Morgan fingerprint density at radius 1 is 1.29 bits per heavy atom. The second kappa shape index (κ2) is 5.69. The quantitative estimate of drug-likeness (QED) is 0.602. The van der Waals surface area contributed by atoms with Gasteiger partial charge in [-0.1, -0.05) is 12.8 Å². The minimum atomic E-state index is -0.0190. The van der Waals surface area contributed by atoms with Crippen molar-refractivity contribution in [3.8, 4) is 0 Å². The summed E-state index contributed by atoms with van der Waals surface area (Å²) in [7, 11) is 0. The summed E-state index contributed by atoms with van der Waals surface area (Å²) in [5.74, 6) is 0. The maximum atomic E-state index is 9.38. The molecular formula is C11H23NO2. The molecule has 1 saturated carbocycles. The summed E-state index contributed by atoms with van der Waals surface area (Å²) in [5.41, 5.74) is -0.0190. The van der Waals surface area contributed by atoms with Crippen LogP contribution in [0.3, 0.4) is 0 Å². The van der Waals surface area contributed by atoms with Crippen LogP contribution in [0.2, 0.25) is 0 Å². The van der Waals surface area contributed by atoms with Gasteiger partial charge in [0.1, 0.15) is 0 Å². The predicted molar refractivity (Wildman–Crippen MR) is 57.2 cm³/mol. The fourth-order valence-corrected chi connectivity index (χ4v) is 2.39. The van der Waals surface area contributed by atoms with E-state index in [1.54, 1.807) is 0 Å².